The third kappa shape index (κ3) is 3.81. The van der Waals surface area contributed by atoms with Gasteiger partial charge in [-0.15, -0.1) is 0 Å². The average molecular weight is 323 g/mol. The molecule has 3 aromatic rings. The first kappa shape index (κ1) is 16.2. The fourth-order valence-corrected chi connectivity index (χ4v) is 2.57. The number of aryl methyl sites for hydroxylation is 1. The number of hydrogen-bond donors (Lipinski definition) is 1. The molecule has 1 heterocycles. The van der Waals surface area contributed by atoms with Gasteiger partial charge in [-0.3, -0.25) is 0 Å². The summed E-state index contributed by atoms with van der Waals surface area (Å²) >= 11 is 0. The highest BCUT2D eigenvalue weighted by Crippen LogP contribution is 2.22. The molecule has 2 aromatic carbocycles. The van der Waals surface area contributed by atoms with E-state index in [1.165, 1.54) is 0 Å². The Kier molecular flexibility index (Phi) is 5.23. The maximum Gasteiger partial charge on any atom is 0.137 e. The minimum absolute atomic E-state index is 0.579. The molecule has 0 bridgehead atoms. The van der Waals surface area contributed by atoms with Gasteiger partial charge in [-0.05, 0) is 36.2 Å². The number of fused-ring (bicyclic) bond motifs is 1. The second-order valence-electron chi connectivity index (χ2n) is 5.52. The maximum atomic E-state index is 5.71. The van der Waals surface area contributed by atoms with Crippen LogP contribution in [0.1, 0.15) is 11.1 Å². The SMILES string of the molecule is COc1ccc(COCCNc2ncnc3cccc(C)c23)cc1. The number of rotatable bonds is 7. The van der Waals surface area contributed by atoms with Crippen LogP contribution in [0.5, 0.6) is 5.75 Å². The summed E-state index contributed by atoms with van der Waals surface area (Å²) < 4.78 is 10.9. The lowest BCUT2D eigenvalue weighted by atomic mass is 10.1. The summed E-state index contributed by atoms with van der Waals surface area (Å²) in [5.74, 6) is 1.71. The van der Waals surface area contributed by atoms with Crippen molar-refractivity contribution >= 4 is 16.7 Å². The van der Waals surface area contributed by atoms with E-state index in [0.717, 1.165) is 33.6 Å². The van der Waals surface area contributed by atoms with E-state index in [0.29, 0.717) is 19.8 Å². The molecule has 124 valence electrons. The first-order valence-corrected chi connectivity index (χ1v) is 7.93. The maximum absolute atomic E-state index is 5.71. The molecule has 24 heavy (non-hydrogen) atoms. The van der Waals surface area contributed by atoms with Crippen LogP contribution in [0, 0.1) is 6.92 Å². The summed E-state index contributed by atoms with van der Waals surface area (Å²) in [5, 5.41) is 4.40. The lowest BCUT2D eigenvalue weighted by Crippen LogP contribution is -2.11. The molecule has 1 aromatic heterocycles. The van der Waals surface area contributed by atoms with E-state index < -0.39 is 0 Å². The molecule has 0 fully saturated rings. The van der Waals surface area contributed by atoms with E-state index in [1.807, 2.05) is 36.4 Å². The van der Waals surface area contributed by atoms with Gasteiger partial charge < -0.3 is 14.8 Å². The number of ether oxygens (including phenoxy) is 2. The zero-order chi connectivity index (χ0) is 16.8. The van der Waals surface area contributed by atoms with Gasteiger partial charge in [-0.1, -0.05) is 24.3 Å². The molecular formula is C19H21N3O2. The van der Waals surface area contributed by atoms with Crippen LogP contribution in [0.2, 0.25) is 0 Å². The van der Waals surface area contributed by atoms with Crippen molar-refractivity contribution in [3.63, 3.8) is 0 Å². The summed E-state index contributed by atoms with van der Waals surface area (Å²) in [5.41, 5.74) is 3.24. The van der Waals surface area contributed by atoms with Crippen molar-refractivity contribution < 1.29 is 9.47 Å². The van der Waals surface area contributed by atoms with Gasteiger partial charge in [0.2, 0.25) is 0 Å². The van der Waals surface area contributed by atoms with Gasteiger partial charge >= 0.3 is 0 Å². The van der Waals surface area contributed by atoms with Crippen LogP contribution in [-0.2, 0) is 11.3 Å². The molecule has 0 unspecified atom stereocenters. The summed E-state index contributed by atoms with van der Waals surface area (Å²) in [4.78, 5) is 8.66. The van der Waals surface area contributed by atoms with E-state index in [4.69, 9.17) is 9.47 Å². The van der Waals surface area contributed by atoms with Crippen molar-refractivity contribution in [2.45, 2.75) is 13.5 Å². The molecule has 1 N–H and O–H groups in total. The standard InChI is InChI=1S/C19H21N3O2/c1-14-4-3-5-17-18(14)19(22-13-21-17)20-10-11-24-12-15-6-8-16(23-2)9-7-15/h3-9,13H,10-12H2,1-2H3,(H,20,21,22). The van der Waals surface area contributed by atoms with E-state index in [1.54, 1.807) is 13.4 Å². The van der Waals surface area contributed by atoms with E-state index in [-0.39, 0.29) is 0 Å². The third-order valence-corrected chi connectivity index (χ3v) is 3.84. The van der Waals surface area contributed by atoms with Crippen LogP contribution in [0.15, 0.2) is 48.8 Å². The Labute approximate surface area is 141 Å². The Hall–Kier alpha value is -2.66. The highest BCUT2D eigenvalue weighted by Gasteiger charge is 2.05. The Morgan fingerprint density at radius 1 is 1.04 bits per heavy atom. The van der Waals surface area contributed by atoms with Gasteiger partial charge in [0.05, 0.1) is 25.8 Å². The van der Waals surface area contributed by atoms with Crippen LogP contribution in [0.4, 0.5) is 5.82 Å². The zero-order valence-electron chi connectivity index (χ0n) is 14.0. The quantitative estimate of drug-likeness (QED) is 0.674. The second kappa shape index (κ2) is 7.75. The highest BCUT2D eigenvalue weighted by atomic mass is 16.5. The Morgan fingerprint density at radius 3 is 2.67 bits per heavy atom. The predicted octanol–water partition coefficient (Wildman–Crippen LogP) is 3.58. The van der Waals surface area contributed by atoms with Crippen LogP contribution in [-0.4, -0.2) is 30.2 Å². The van der Waals surface area contributed by atoms with Crippen molar-refractivity contribution in [3.8, 4) is 5.75 Å². The van der Waals surface area contributed by atoms with Gasteiger partial charge in [0, 0.05) is 11.9 Å². The second-order valence-corrected chi connectivity index (χ2v) is 5.52. The lowest BCUT2D eigenvalue weighted by Gasteiger charge is -2.10. The number of methoxy groups -OCH3 is 1. The average Bonchev–Trinajstić information content (AvgIpc) is 2.62. The van der Waals surface area contributed by atoms with Gasteiger partial charge in [-0.25, -0.2) is 9.97 Å². The van der Waals surface area contributed by atoms with Crippen molar-refractivity contribution in [1.29, 1.82) is 0 Å². The monoisotopic (exact) mass is 323 g/mol. The topological polar surface area (TPSA) is 56.3 Å². The molecule has 3 rings (SSSR count). The first-order chi connectivity index (χ1) is 11.8. The fraction of sp³-hybridized carbons (Fsp3) is 0.263. The Bertz CT molecular complexity index is 798. The van der Waals surface area contributed by atoms with Gasteiger partial charge in [-0.2, -0.15) is 0 Å². The molecule has 0 radical (unpaired) electrons. The first-order valence-electron chi connectivity index (χ1n) is 7.93. The molecule has 0 atom stereocenters. The van der Waals surface area contributed by atoms with Crippen molar-refractivity contribution in [2.24, 2.45) is 0 Å². The molecule has 0 aliphatic heterocycles. The zero-order valence-corrected chi connectivity index (χ0v) is 14.0. The molecule has 0 amide bonds. The molecule has 0 saturated carbocycles. The van der Waals surface area contributed by atoms with Gasteiger partial charge in [0.1, 0.15) is 17.9 Å². The summed E-state index contributed by atoms with van der Waals surface area (Å²) in [6.07, 6.45) is 1.59. The fourth-order valence-electron chi connectivity index (χ4n) is 2.57. The van der Waals surface area contributed by atoms with Crippen molar-refractivity contribution in [3.05, 3.63) is 59.9 Å². The summed E-state index contributed by atoms with van der Waals surface area (Å²) in [6, 6.07) is 14.0. The molecule has 5 heteroatoms. The largest absolute Gasteiger partial charge is 0.497 e. The number of benzene rings is 2. The van der Waals surface area contributed by atoms with E-state index in [9.17, 15) is 0 Å². The number of nitrogens with zero attached hydrogens (tertiary/aromatic N) is 2. The van der Waals surface area contributed by atoms with Crippen LogP contribution < -0.4 is 10.1 Å². The molecule has 0 aliphatic carbocycles. The third-order valence-electron chi connectivity index (χ3n) is 3.84. The van der Waals surface area contributed by atoms with Gasteiger partial charge in [0.25, 0.3) is 0 Å². The van der Waals surface area contributed by atoms with E-state index >= 15 is 0 Å². The van der Waals surface area contributed by atoms with E-state index in [2.05, 4.69) is 28.3 Å². The Balaban J connectivity index is 1.52. The smallest absolute Gasteiger partial charge is 0.137 e. The number of aromatic nitrogens is 2. The lowest BCUT2D eigenvalue weighted by molar-refractivity contribution is 0.130. The predicted molar refractivity (Wildman–Crippen MR) is 95.4 cm³/mol. The van der Waals surface area contributed by atoms with Crippen molar-refractivity contribution in [2.75, 3.05) is 25.6 Å². The Morgan fingerprint density at radius 2 is 1.88 bits per heavy atom. The van der Waals surface area contributed by atoms with Crippen LogP contribution in [0.3, 0.4) is 0 Å². The molecule has 5 nitrogen and oxygen atoms in total. The number of anilines is 1. The van der Waals surface area contributed by atoms with Gasteiger partial charge in [0.15, 0.2) is 0 Å². The van der Waals surface area contributed by atoms with Crippen LogP contribution >= 0.6 is 0 Å². The van der Waals surface area contributed by atoms with Crippen LogP contribution in [0.25, 0.3) is 10.9 Å². The molecular weight excluding hydrogens is 302 g/mol. The minimum Gasteiger partial charge on any atom is -0.497 e. The molecule has 0 saturated heterocycles. The number of nitrogens with one attached hydrogen (secondary N) is 1. The minimum atomic E-state index is 0.579. The van der Waals surface area contributed by atoms with Crippen molar-refractivity contribution in [1.82, 2.24) is 9.97 Å². The molecule has 0 aliphatic rings. The highest BCUT2D eigenvalue weighted by molar-refractivity contribution is 5.91. The summed E-state index contributed by atoms with van der Waals surface area (Å²) in [6.45, 7) is 3.94. The molecule has 0 spiro atoms. The number of hydrogen-bond acceptors (Lipinski definition) is 5. The summed E-state index contributed by atoms with van der Waals surface area (Å²) in [7, 11) is 1.66. The normalized spacial score (nSPS) is 10.8.